The highest BCUT2D eigenvalue weighted by atomic mass is 16.5. The van der Waals surface area contributed by atoms with E-state index in [0.717, 1.165) is 48.6 Å². The van der Waals surface area contributed by atoms with Crippen LogP contribution in [0.3, 0.4) is 0 Å². The van der Waals surface area contributed by atoms with Gasteiger partial charge in [0.05, 0.1) is 17.5 Å². The summed E-state index contributed by atoms with van der Waals surface area (Å²) < 4.78 is 5.99. The third-order valence-corrected chi connectivity index (χ3v) is 8.90. The fourth-order valence-corrected chi connectivity index (χ4v) is 6.66. The van der Waals surface area contributed by atoms with E-state index in [2.05, 4.69) is 97.6 Å². The van der Waals surface area contributed by atoms with Crippen LogP contribution in [0.2, 0.25) is 0 Å². The highest BCUT2D eigenvalue weighted by Crippen LogP contribution is 2.49. The van der Waals surface area contributed by atoms with Crippen LogP contribution in [0.5, 0.6) is 0 Å². The average Bonchev–Trinajstić information content (AvgIpc) is 3.41. The Morgan fingerprint density at radius 3 is 2.37 bits per heavy atom. The molecule has 3 aromatic carbocycles. The van der Waals surface area contributed by atoms with Gasteiger partial charge in [-0.15, -0.1) is 0 Å². The molecule has 0 unspecified atom stereocenters. The van der Waals surface area contributed by atoms with E-state index in [9.17, 15) is 0 Å². The molecular weight excluding hydrogens is 428 g/mol. The van der Waals surface area contributed by atoms with E-state index in [1.807, 2.05) is 0 Å². The number of likely N-dealkylation sites (tertiary alicyclic amines) is 1. The molecule has 0 spiro atoms. The summed E-state index contributed by atoms with van der Waals surface area (Å²) in [6.45, 7) is 8.17. The smallest absolute Gasteiger partial charge is 0.0781 e. The summed E-state index contributed by atoms with van der Waals surface area (Å²) in [6, 6.07) is 28.7. The maximum Gasteiger partial charge on any atom is 0.0781 e. The molecular formula is C32H36N2O. The van der Waals surface area contributed by atoms with E-state index >= 15 is 0 Å². The molecule has 3 nitrogen and oxygen atoms in total. The van der Waals surface area contributed by atoms with Crippen LogP contribution in [0.25, 0.3) is 0 Å². The first-order valence-electron chi connectivity index (χ1n) is 13.3. The monoisotopic (exact) mass is 464 g/mol. The Labute approximate surface area is 209 Å². The van der Waals surface area contributed by atoms with E-state index in [4.69, 9.17) is 9.73 Å². The Bertz CT molecular complexity index is 1160. The molecule has 2 aliphatic heterocycles. The molecule has 3 heteroatoms. The molecule has 2 bridgehead atoms. The Balaban J connectivity index is 1.35. The fraction of sp³-hybridized carbons (Fsp3) is 0.406. The van der Waals surface area contributed by atoms with Crippen LogP contribution in [0.1, 0.15) is 55.4 Å². The van der Waals surface area contributed by atoms with Crippen LogP contribution in [0, 0.1) is 5.92 Å². The van der Waals surface area contributed by atoms with E-state index in [1.54, 1.807) is 0 Å². The summed E-state index contributed by atoms with van der Waals surface area (Å²) in [7, 11) is 0. The van der Waals surface area contributed by atoms with Crippen LogP contribution < -0.4 is 0 Å². The zero-order chi connectivity index (χ0) is 23.8. The van der Waals surface area contributed by atoms with Crippen molar-refractivity contribution in [2.45, 2.75) is 57.1 Å². The number of benzene rings is 3. The summed E-state index contributed by atoms with van der Waals surface area (Å²) in [5.41, 5.74) is 7.60. The Morgan fingerprint density at radius 1 is 1.00 bits per heavy atom. The molecule has 180 valence electrons. The molecule has 4 atom stereocenters. The van der Waals surface area contributed by atoms with Gasteiger partial charge >= 0.3 is 0 Å². The zero-order valence-electron chi connectivity index (χ0n) is 21.0. The lowest BCUT2D eigenvalue weighted by molar-refractivity contribution is -0.00662. The van der Waals surface area contributed by atoms with Crippen molar-refractivity contribution < 1.29 is 4.74 Å². The second-order valence-electron chi connectivity index (χ2n) is 10.9. The normalized spacial score (nSPS) is 27.9. The van der Waals surface area contributed by atoms with Crippen molar-refractivity contribution in [2.24, 2.45) is 10.9 Å². The maximum atomic E-state index is 5.99. The second-order valence-corrected chi connectivity index (χ2v) is 10.9. The standard InChI is InChI=1S/C32H36N2O/c1-23-30-20-26-15-16-27(33-31(24-10-5-3-6-11-24)25-12-7-4-8-13-25)21-29(26)32(23,2)17-18-34(30)22-28-14-9-19-35-28/h3-8,10-13,15-16,21,23,28,30H,9,14,17-20,22H2,1-2H3/t23-,28-,30+,32+/m0/s1. The molecule has 0 amide bonds. The molecule has 2 fully saturated rings. The van der Waals surface area contributed by atoms with E-state index in [-0.39, 0.29) is 5.41 Å². The van der Waals surface area contributed by atoms with Gasteiger partial charge in [0.1, 0.15) is 0 Å². The molecule has 2 saturated heterocycles. The zero-order valence-corrected chi connectivity index (χ0v) is 21.0. The predicted octanol–water partition coefficient (Wildman–Crippen LogP) is 6.56. The van der Waals surface area contributed by atoms with Gasteiger partial charge in [-0.25, -0.2) is 4.99 Å². The number of ether oxygens (including phenoxy) is 1. The maximum absolute atomic E-state index is 5.99. The highest BCUT2D eigenvalue weighted by Gasteiger charge is 2.48. The van der Waals surface area contributed by atoms with Crippen molar-refractivity contribution in [1.82, 2.24) is 4.90 Å². The molecule has 0 radical (unpaired) electrons. The summed E-state index contributed by atoms with van der Waals surface area (Å²) in [5.74, 6) is 0.618. The SMILES string of the molecule is C[C@H]1[C@H]2Cc3ccc(N=C(c4ccccc4)c4ccccc4)cc3[C@]1(C)CCN2C[C@@H]1CCCO1. The molecule has 1 aliphatic carbocycles. The van der Waals surface area contributed by atoms with E-state index in [0.29, 0.717) is 18.1 Å². The van der Waals surface area contributed by atoms with Crippen molar-refractivity contribution in [2.75, 3.05) is 19.7 Å². The van der Waals surface area contributed by atoms with Gasteiger partial charge in [-0.05, 0) is 66.8 Å². The van der Waals surface area contributed by atoms with Crippen LogP contribution in [-0.2, 0) is 16.6 Å². The first kappa shape index (κ1) is 22.7. The van der Waals surface area contributed by atoms with Gasteiger partial charge in [-0.3, -0.25) is 4.90 Å². The molecule has 6 rings (SSSR count). The van der Waals surface area contributed by atoms with E-state index < -0.39 is 0 Å². The summed E-state index contributed by atoms with van der Waals surface area (Å²) in [6.07, 6.45) is 5.20. The van der Waals surface area contributed by atoms with Gasteiger partial charge in [0.15, 0.2) is 0 Å². The molecule has 0 N–H and O–H groups in total. The minimum absolute atomic E-state index is 0.191. The van der Waals surface area contributed by atoms with Gasteiger partial charge in [0, 0.05) is 30.3 Å². The van der Waals surface area contributed by atoms with Gasteiger partial charge in [0.2, 0.25) is 0 Å². The summed E-state index contributed by atoms with van der Waals surface area (Å²) >= 11 is 0. The minimum Gasteiger partial charge on any atom is -0.377 e. The van der Waals surface area contributed by atoms with Gasteiger partial charge in [-0.2, -0.15) is 0 Å². The van der Waals surface area contributed by atoms with Crippen LogP contribution >= 0.6 is 0 Å². The largest absolute Gasteiger partial charge is 0.377 e. The highest BCUT2D eigenvalue weighted by molar-refractivity contribution is 6.13. The number of rotatable bonds is 5. The number of aliphatic imine (C=N–C) groups is 1. The lowest BCUT2D eigenvalue weighted by Crippen LogP contribution is -2.59. The number of fused-ring (bicyclic) bond motifs is 4. The fourth-order valence-electron chi connectivity index (χ4n) is 6.66. The molecule has 2 heterocycles. The van der Waals surface area contributed by atoms with Crippen molar-refractivity contribution in [3.8, 4) is 0 Å². The number of hydrogen-bond acceptors (Lipinski definition) is 3. The van der Waals surface area contributed by atoms with Crippen molar-refractivity contribution >= 4 is 11.4 Å². The molecule has 3 aromatic rings. The van der Waals surface area contributed by atoms with Gasteiger partial charge < -0.3 is 4.74 Å². The van der Waals surface area contributed by atoms with Gasteiger partial charge in [-0.1, -0.05) is 80.6 Å². The van der Waals surface area contributed by atoms with Crippen LogP contribution in [-0.4, -0.2) is 42.5 Å². The third-order valence-electron chi connectivity index (χ3n) is 8.90. The van der Waals surface area contributed by atoms with Crippen molar-refractivity contribution in [3.63, 3.8) is 0 Å². The van der Waals surface area contributed by atoms with Gasteiger partial charge in [0.25, 0.3) is 0 Å². The second kappa shape index (κ2) is 9.37. The lowest BCUT2D eigenvalue weighted by atomic mass is 9.59. The predicted molar refractivity (Wildman–Crippen MR) is 144 cm³/mol. The summed E-state index contributed by atoms with van der Waals surface area (Å²) in [4.78, 5) is 7.98. The number of hydrogen-bond donors (Lipinski definition) is 0. The lowest BCUT2D eigenvalue weighted by Gasteiger charge is -2.55. The summed E-state index contributed by atoms with van der Waals surface area (Å²) in [5, 5.41) is 0. The molecule has 0 aromatic heterocycles. The Morgan fingerprint density at radius 2 is 1.71 bits per heavy atom. The molecule has 0 saturated carbocycles. The molecule has 3 aliphatic rings. The number of nitrogens with zero attached hydrogens (tertiary/aromatic N) is 2. The Kier molecular flexibility index (Phi) is 6.07. The van der Waals surface area contributed by atoms with E-state index in [1.165, 1.54) is 30.4 Å². The minimum atomic E-state index is 0.191. The quantitative estimate of drug-likeness (QED) is 0.400. The van der Waals surface area contributed by atoms with Crippen LogP contribution in [0.15, 0.2) is 83.9 Å². The Hall–Kier alpha value is -2.75. The van der Waals surface area contributed by atoms with Crippen molar-refractivity contribution in [3.05, 3.63) is 101 Å². The first-order chi connectivity index (χ1) is 17.1. The van der Waals surface area contributed by atoms with Crippen molar-refractivity contribution in [1.29, 1.82) is 0 Å². The topological polar surface area (TPSA) is 24.8 Å². The number of piperidine rings is 1. The molecule has 35 heavy (non-hydrogen) atoms. The first-order valence-corrected chi connectivity index (χ1v) is 13.3. The third kappa shape index (κ3) is 4.26. The average molecular weight is 465 g/mol. The van der Waals surface area contributed by atoms with Crippen LogP contribution in [0.4, 0.5) is 5.69 Å².